The van der Waals surface area contributed by atoms with Crippen LogP contribution in [0.3, 0.4) is 0 Å². The van der Waals surface area contributed by atoms with E-state index in [1.54, 1.807) is 0 Å². The molecule has 7 heteroatoms. The third-order valence-corrected chi connectivity index (χ3v) is 5.86. The molecular formula is C19H32N2O5. The topological polar surface area (TPSA) is 68.3 Å². The molecular weight excluding hydrogens is 336 g/mol. The molecule has 0 N–H and O–H groups in total. The van der Waals surface area contributed by atoms with Crippen LogP contribution in [0, 0.1) is 11.8 Å². The predicted molar refractivity (Wildman–Crippen MR) is 95.4 cm³/mol. The van der Waals surface area contributed by atoms with Crippen molar-refractivity contribution >= 4 is 11.9 Å². The Morgan fingerprint density at radius 1 is 1.12 bits per heavy atom. The zero-order valence-corrected chi connectivity index (χ0v) is 16.0. The fourth-order valence-electron chi connectivity index (χ4n) is 4.28. The second-order valence-electron chi connectivity index (χ2n) is 7.53. The van der Waals surface area contributed by atoms with E-state index in [1.165, 1.54) is 0 Å². The first-order valence-corrected chi connectivity index (χ1v) is 10.0. The maximum Gasteiger partial charge on any atom is 0.310 e. The fraction of sp³-hybridized carbons (Fsp3) is 0.895. The van der Waals surface area contributed by atoms with Gasteiger partial charge in [-0.3, -0.25) is 14.5 Å². The van der Waals surface area contributed by atoms with Gasteiger partial charge >= 0.3 is 5.97 Å². The van der Waals surface area contributed by atoms with Gasteiger partial charge in [-0.2, -0.15) is 0 Å². The molecule has 3 aliphatic heterocycles. The van der Waals surface area contributed by atoms with Crippen LogP contribution < -0.4 is 0 Å². The van der Waals surface area contributed by atoms with Crippen molar-refractivity contribution in [2.24, 2.45) is 11.8 Å². The molecule has 2 atom stereocenters. The summed E-state index contributed by atoms with van der Waals surface area (Å²) in [5, 5.41) is 0. The van der Waals surface area contributed by atoms with E-state index in [0.29, 0.717) is 32.3 Å². The molecule has 148 valence electrons. The number of ether oxygens (including phenoxy) is 3. The Morgan fingerprint density at radius 3 is 2.46 bits per heavy atom. The van der Waals surface area contributed by atoms with Gasteiger partial charge in [0.15, 0.2) is 6.29 Å². The zero-order chi connectivity index (χ0) is 18.5. The Labute approximate surface area is 155 Å². The lowest BCUT2D eigenvalue weighted by molar-refractivity contribution is -0.152. The van der Waals surface area contributed by atoms with E-state index in [2.05, 4.69) is 4.90 Å². The molecule has 3 rings (SSSR count). The maximum atomic E-state index is 12.9. The van der Waals surface area contributed by atoms with Crippen LogP contribution in [0.2, 0.25) is 0 Å². The average molecular weight is 368 g/mol. The molecule has 0 bridgehead atoms. The monoisotopic (exact) mass is 368 g/mol. The molecule has 0 spiro atoms. The molecule has 3 aliphatic rings. The highest BCUT2D eigenvalue weighted by molar-refractivity contribution is 5.82. The minimum atomic E-state index is -0.178. The van der Waals surface area contributed by atoms with Crippen LogP contribution in [-0.2, 0) is 23.8 Å². The van der Waals surface area contributed by atoms with Crippen LogP contribution in [-0.4, -0.2) is 80.0 Å². The minimum Gasteiger partial charge on any atom is -0.466 e. The van der Waals surface area contributed by atoms with E-state index in [9.17, 15) is 9.59 Å². The SMILES string of the molecule is CCOC(=O)C1CCCN(C(=O)C(C)N2CCC(C3OCCO3)CC2)C1. The lowest BCUT2D eigenvalue weighted by atomic mass is 9.94. The third-order valence-electron chi connectivity index (χ3n) is 5.86. The van der Waals surface area contributed by atoms with Gasteiger partial charge in [-0.25, -0.2) is 0 Å². The van der Waals surface area contributed by atoms with Gasteiger partial charge in [-0.15, -0.1) is 0 Å². The largest absolute Gasteiger partial charge is 0.466 e. The highest BCUT2D eigenvalue weighted by Gasteiger charge is 2.36. The summed E-state index contributed by atoms with van der Waals surface area (Å²) in [7, 11) is 0. The second-order valence-corrected chi connectivity index (χ2v) is 7.53. The highest BCUT2D eigenvalue weighted by Crippen LogP contribution is 2.27. The number of nitrogens with zero attached hydrogens (tertiary/aromatic N) is 2. The van der Waals surface area contributed by atoms with Crippen molar-refractivity contribution in [1.29, 1.82) is 0 Å². The van der Waals surface area contributed by atoms with Crippen molar-refractivity contribution in [3.8, 4) is 0 Å². The number of carbonyl (C=O) groups excluding carboxylic acids is 2. The Bertz CT molecular complexity index is 486. The molecule has 0 aliphatic carbocycles. The van der Waals surface area contributed by atoms with Crippen LogP contribution >= 0.6 is 0 Å². The Kier molecular flexibility index (Phi) is 6.89. The number of piperidine rings is 2. The van der Waals surface area contributed by atoms with Crippen molar-refractivity contribution in [1.82, 2.24) is 9.80 Å². The molecule has 0 aromatic carbocycles. The number of likely N-dealkylation sites (tertiary alicyclic amines) is 2. The highest BCUT2D eigenvalue weighted by atomic mass is 16.7. The quantitative estimate of drug-likeness (QED) is 0.681. The summed E-state index contributed by atoms with van der Waals surface area (Å²) in [5.41, 5.74) is 0. The molecule has 3 heterocycles. The lowest BCUT2D eigenvalue weighted by Gasteiger charge is -2.40. The van der Waals surface area contributed by atoms with E-state index in [4.69, 9.17) is 14.2 Å². The summed E-state index contributed by atoms with van der Waals surface area (Å²) in [5.74, 6) is 0.210. The van der Waals surface area contributed by atoms with Crippen molar-refractivity contribution in [3.05, 3.63) is 0 Å². The molecule has 2 unspecified atom stereocenters. The summed E-state index contributed by atoms with van der Waals surface area (Å²) in [6.07, 6.45) is 3.60. The molecule has 0 saturated carbocycles. The van der Waals surface area contributed by atoms with E-state index in [-0.39, 0.29) is 30.1 Å². The Morgan fingerprint density at radius 2 is 1.81 bits per heavy atom. The summed E-state index contributed by atoms with van der Waals surface area (Å²) < 4.78 is 16.4. The van der Waals surface area contributed by atoms with Gasteiger partial charge in [0, 0.05) is 19.0 Å². The number of hydrogen-bond acceptors (Lipinski definition) is 6. The molecule has 1 amide bonds. The summed E-state index contributed by atoms with van der Waals surface area (Å²) in [6, 6.07) is -0.151. The van der Waals surface area contributed by atoms with Gasteiger partial charge in [-0.1, -0.05) is 0 Å². The molecule has 0 aromatic rings. The van der Waals surface area contributed by atoms with E-state index in [0.717, 1.165) is 45.3 Å². The van der Waals surface area contributed by atoms with E-state index < -0.39 is 0 Å². The first-order valence-electron chi connectivity index (χ1n) is 10.0. The van der Waals surface area contributed by atoms with Crippen LogP contribution in [0.25, 0.3) is 0 Å². The Balaban J connectivity index is 1.48. The van der Waals surface area contributed by atoms with Gasteiger partial charge < -0.3 is 19.1 Å². The zero-order valence-electron chi connectivity index (χ0n) is 16.0. The van der Waals surface area contributed by atoms with Crippen molar-refractivity contribution in [2.45, 2.75) is 51.9 Å². The molecule has 0 radical (unpaired) electrons. The average Bonchev–Trinajstić information content (AvgIpc) is 3.22. The van der Waals surface area contributed by atoms with Crippen LogP contribution in [0.15, 0.2) is 0 Å². The number of carbonyl (C=O) groups is 2. The first kappa shape index (κ1) is 19.6. The van der Waals surface area contributed by atoms with Crippen LogP contribution in [0.5, 0.6) is 0 Å². The normalized spacial score (nSPS) is 27.5. The summed E-state index contributed by atoms with van der Waals surface area (Å²) >= 11 is 0. The molecule has 3 fully saturated rings. The van der Waals surface area contributed by atoms with Crippen molar-refractivity contribution in [2.75, 3.05) is 46.0 Å². The lowest BCUT2D eigenvalue weighted by Crippen LogP contribution is -2.53. The summed E-state index contributed by atoms with van der Waals surface area (Å²) in [4.78, 5) is 29.1. The van der Waals surface area contributed by atoms with Gasteiger partial charge in [0.1, 0.15) is 0 Å². The molecule has 0 aromatic heterocycles. The number of amides is 1. The van der Waals surface area contributed by atoms with Crippen molar-refractivity contribution in [3.63, 3.8) is 0 Å². The number of rotatable bonds is 5. The first-order chi connectivity index (χ1) is 12.6. The molecule has 26 heavy (non-hydrogen) atoms. The fourth-order valence-corrected chi connectivity index (χ4v) is 4.28. The van der Waals surface area contributed by atoms with Gasteiger partial charge in [0.05, 0.1) is 31.8 Å². The standard InChI is InChI=1S/C19H32N2O5/c1-3-24-18(23)16-5-4-8-21(13-16)17(22)14(2)20-9-6-15(7-10-20)19-25-11-12-26-19/h14-16,19H,3-13H2,1-2H3. The summed E-state index contributed by atoms with van der Waals surface area (Å²) in [6.45, 7) is 8.57. The smallest absolute Gasteiger partial charge is 0.310 e. The molecule has 7 nitrogen and oxygen atoms in total. The van der Waals surface area contributed by atoms with Crippen LogP contribution in [0.1, 0.15) is 39.5 Å². The predicted octanol–water partition coefficient (Wildman–Crippen LogP) is 1.26. The second kappa shape index (κ2) is 9.15. The van der Waals surface area contributed by atoms with Gasteiger partial charge in [0.2, 0.25) is 5.91 Å². The molecule has 3 saturated heterocycles. The van der Waals surface area contributed by atoms with Gasteiger partial charge in [-0.05, 0) is 52.6 Å². The number of hydrogen-bond donors (Lipinski definition) is 0. The minimum absolute atomic E-state index is 0.0596. The van der Waals surface area contributed by atoms with Gasteiger partial charge in [0.25, 0.3) is 0 Å². The van der Waals surface area contributed by atoms with E-state index >= 15 is 0 Å². The number of esters is 1. The third kappa shape index (κ3) is 4.56. The Hall–Kier alpha value is -1.18. The van der Waals surface area contributed by atoms with E-state index in [1.807, 2.05) is 18.7 Å². The van der Waals surface area contributed by atoms with Crippen LogP contribution in [0.4, 0.5) is 0 Å². The maximum absolute atomic E-state index is 12.9. The van der Waals surface area contributed by atoms with Crippen molar-refractivity contribution < 1.29 is 23.8 Å².